The molecule has 4 heteroatoms. The highest BCUT2D eigenvalue weighted by Crippen LogP contribution is 2.30. The zero-order chi connectivity index (χ0) is 18.5. The average Bonchev–Trinajstić information content (AvgIpc) is 3.09. The van der Waals surface area contributed by atoms with Crippen LogP contribution in [0.15, 0.2) is 54.6 Å². The third-order valence-corrected chi connectivity index (χ3v) is 5.15. The summed E-state index contributed by atoms with van der Waals surface area (Å²) in [6.45, 7) is 4.96. The first-order chi connectivity index (χ1) is 12.6. The van der Waals surface area contributed by atoms with Crippen molar-refractivity contribution in [2.24, 2.45) is 5.92 Å². The molecule has 26 heavy (non-hydrogen) atoms. The number of benzene rings is 2. The van der Waals surface area contributed by atoms with Crippen molar-refractivity contribution in [2.75, 3.05) is 16.8 Å². The van der Waals surface area contributed by atoms with Crippen molar-refractivity contribution in [1.82, 2.24) is 0 Å². The Morgan fingerprint density at radius 3 is 2.58 bits per heavy atom. The molecule has 2 aromatic rings. The lowest BCUT2D eigenvalue weighted by Crippen LogP contribution is -2.27. The molecule has 1 heterocycles. The quantitative estimate of drug-likeness (QED) is 0.829. The first kappa shape index (κ1) is 18.2. The maximum Gasteiger partial charge on any atom is 0.232 e. The number of nitrogens with zero attached hydrogens (tertiary/aromatic N) is 1. The molecule has 1 aliphatic heterocycles. The highest BCUT2D eigenvalue weighted by molar-refractivity contribution is 5.98. The van der Waals surface area contributed by atoms with Gasteiger partial charge in [0.15, 0.2) is 0 Å². The van der Waals surface area contributed by atoms with E-state index < -0.39 is 0 Å². The predicted molar refractivity (Wildman–Crippen MR) is 105 cm³/mol. The van der Waals surface area contributed by atoms with Gasteiger partial charge in [0.1, 0.15) is 0 Å². The summed E-state index contributed by atoms with van der Waals surface area (Å²) in [5, 5.41) is 3.06. The van der Waals surface area contributed by atoms with E-state index in [1.165, 1.54) is 0 Å². The van der Waals surface area contributed by atoms with Crippen molar-refractivity contribution in [3.63, 3.8) is 0 Å². The maximum atomic E-state index is 13.0. The topological polar surface area (TPSA) is 49.4 Å². The number of hydrogen-bond donors (Lipinski definition) is 1. The van der Waals surface area contributed by atoms with Crippen LogP contribution in [0.2, 0.25) is 0 Å². The van der Waals surface area contributed by atoms with Gasteiger partial charge in [0.2, 0.25) is 11.8 Å². The Morgan fingerprint density at radius 1 is 1.15 bits per heavy atom. The molecule has 2 aromatic carbocycles. The molecule has 4 nitrogen and oxygen atoms in total. The van der Waals surface area contributed by atoms with Gasteiger partial charge < -0.3 is 10.2 Å². The zero-order valence-electron chi connectivity index (χ0n) is 15.4. The molecule has 0 bridgehead atoms. The molecule has 1 N–H and O–H groups in total. The molecule has 3 rings (SSSR count). The van der Waals surface area contributed by atoms with Crippen LogP contribution in [0.25, 0.3) is 0 Å². The van der Waals surface area contributed by atoms with Crippen molar-refractivity contribution < 1.29 is 9.59 Å². The number of anilines is 2. The summed E-state index contributed by atoms with van der Waals surface area (Å²) >= 11 is 0. The molecule has 2 amide bonds. The summed E-state index contributed by atoms with van der Waals surface area (Å²) in [7, 11) is 0. The van der Waals surface area contributed by atoms with Crippen molar-refractivity contribution in [3.05, 3.63) is 60.2 Å². The molecule has 0 spiro atoms. The molecular formula is C22H26N2O2. The minimum absolute atomic E-state index is 0.00421. The third kappa shape index (κ3) is 3.96. The summed E-state index contributed by atoms with van der Waals surface area (Å²) in [6.07, 6.45) is 2.41. The fourth-order valence-electron chi connectivity index (χ4n) is 3.53. The summed E-state index contributed by atoms with van der Waals surface area (Å²) in [4.78, 5) is 26.8. The van der Waals surface area contributed by atoms with E-state index in [4.69, 9.17) is 0 Å². The number of carbonyl (C=O) groups is 2. The maximum absolute atomic E-state index is 13.0. The third-order valence-electron chi connectivity index (χ3n) is 5.15. The van der Waals surface area contributed by atoms with Gasteiger partial charge in [0.25, 0.3) is 0 Å². The van der Waals surface area contributed by atoms with Gasteiger partial charge in [0, 0.05) is 24.3 Å². The summed E-state index contributed by atoms with van der Waals surface area (Å²) in [6, 6.07) is 17.5. The van der Waals surface area contributed by atoms with Crippen LogP contribution in [-0.4, -0.2) is 18.4 Å². The molecule has 136 valence electrons. The number of hydrogen-bond acceptors (Lipinski definition) is 2. The Kier molecular flexibility index (Phi) is 5.71. The van der Waals surface area contributed by atoms with E-state index in [0.717, 1.165) is 36.3 Å². The van der Waals surface area contributed by atoms with E-state index in [0.29, 0.717) is 6.42 Å². The molecule has 1 fully saturated rings. The van der Waals surface area contributed by atoms with Crippen LogP contribution >= 0.6 is 0 Å². The van der Waals surface area contributed by atoms with Crippen LogP contribution in [0, 0.1) is 5.92 Å². The van der Waals surface area contributed by atoms with E-state index in [-0.39, 0.29) is 23.7 Å². The van der Waals surface area contributed by atoms with Crippen LogP contribution < -0.4 is 10.2 Å². The number of amides is 2. The predicted octanol–water partition coefficient (Wildman–Crippen LogP) is 4.58. The number of carbonyl (C=O) groups excluding carboxylic acids is 2. The second-order valence-corrected chi connectivity index (χ2v) is 6.96. The first-order valence-corrected chi connectivity index (χ1v) is 9.36. The smallest absolute Gasteiger partial charge is 0.232 e. The lowest BCUT2D eigenvalue weighted by molar-refractivity contribution is -0.119. The average molecular weight is 350 g/mol. The first-order valence-electron chi connectivity index (χ1n) is 9.36. The lowest BCUT2D eigenvalue weighted by Gasteiger charge is -2.23. The molecule has 1 aliphatic rings. The monoisotopic (exact) mass is 350 g/mol. The van der Waals surface area contributed by atoms with Gasteiger partial charge in [-0.15, -0.1) is 0 Å². The van der Waals surface area contributed by atoms with Crippen LogP contribution in [0.1, 0.15) is 44.6 Å². The Bertz CT molecular complexity index is 773. The van der Waals surface area contributed by atoms with E-state index in [1.54, 1.807) is 4.90 Å². The number of nitrogens with one attached hydrogen (secondary N) is 1. The summed E-state index contributed by atoms with van der Waals surface area (Å²) in [5.74, 6) is 0.185. The van der Waals surface area contributed by atoms with E-state index in [1.807, 2.05) is 54.6 Å². The molecule has 0 unspecified atom stereocenters. The molecule has 0 radical (unpaired) electrons. The normalized spacial score (nSPS) is 16.4. The van der Waals surface area contributed by atoms with Crippen molar-refractivity contribution in [1.29, 1.82) is 0 Å². The standard InChI is InChI=1S/C22H26N2O2/c1-3-16(2)21(17-9-5-4-6-10-17)22(26)23-18-11-7-12-19(15-18)24-14-8-13-20(24)25/h4-7,9-12,15-16,21H,3,8,13-14H2,1-2H3,(H,23,26)/t16-,21+/m1/s1. The van der Waals surface area contributed by atoms with Crippen LogP contribution in [0.4, 0.5) is 11.4 Å². The van der Waals surface area contributed by atoms with Crippen molar-refractivity contribution in [2.45, 2.75) is 39.0 Å². The van der Waals surface area contributed by atoms with E-state index in [2.05, 4.69) is 19.2 Å². The molecule has 0 saturated carbocycles. The summed E-state index contributed by atoms with van der Waals surface area (Å²) in [5.41, 5.74) is 2.62. The van der Waals surface area contributed by atoms with E-state index in [9.17, 15) is 9.59 Å². The van der Waals surface area contributed by atoms with Gasteiger partial charge in [-0.3, -0.25) is 9.59 Å². The van der Waals surface area contributed by atoms with Gasteiger partial charge in [-0.25, -0.2) is 0 Å². The van der Waals surface area contributed by atoms with Crippen LogP contribution in [0.3, 0.4) is 0 Å². The Labute approximate surface area is 155 Å². The van der Waals surface area contributed by atoms with Gasteiger partial charge in [-0.2, -0.15) is 0 Å². The van der Waals surface area contributed by atoms with Crippen molar-refractivity contribution in [3.8, 4) is 0 Å². The highest BCUT2D eigenvalue weighted by Gasteiger charge is 2.26. The van der Waals surface area contributed by atoms with Crippen molar-refractivity contribution >= 4 is 23.2 Å². The Hall–Kier alpha value is -2.62. The van der Waals surface area contributed by atoms with E-state index >= 15 is 0 Å². The minimum atomic E-state index is -0.196. The molecular weight excluding hydrogens is 324 g/mol. The molecule has 1 saturated heterocycles. The second kappa shape index (κ2) is 8.17. The SMILES string of the molecule is CC[C@@H](C)[C@H](C(=O)Nc1cccc(N2CCCC2=O)c1)c1ccccc1. The lowest BCUT2D eigenvalue weighted by atomic mass is 9.85. The molecule has 0 aliphatic carbocycles. The van der Waals surface area contributed by atoms with Crippen LogP contribution in [0.5, 0.6) is 0 Å². The summed E-state index contributed by atoms with van der Waals surface area (Å²) < 4.78 is 0. The fourth-order valence-corrected chi connectivity index (χ4v) is 3.53. The molecule has 0 aromatic heterocycles. The van der Waals surface area contributed by atoms with Gasteiger partial charge in [-0.05, 0) is 36.1 Å². The Morgan fingerprint density at radius 2 is 1.92 bits per heavy atom. The highest BCUT2D eigenvalue weighted by atomic mass is 16.2. The van der Waals surface area contributed by atoms with Gasteiger partial charge in [-0.1, -0.05) is 56.7 Å². The largest absolute Gasteiger partial charge is 0.325 e. The Balaban J connectivity index is 1.80. The van der Waals surface area contributed by atoms with Gasteiger partial charge in [0.05, 0.1) is 5.92 Å². The zero-order valence-corrected chi connectivity index (χ0v) is 15.4. The van der Waals surface area contributed by atoms with Crippen LogP contribution in [-0.2, 0) is 9.59 Å². The second-order valence-electron chi connectivity index (χ2n) is 6.96. The number of rotatable bonds is 6. The molecule has 2 atom stereocenters. The fraction of sp³-hybridized carbons (Fsp3) is 0.364. The van der Waals surface area contributed by atoms with Gasteiger partial charge >= 0.3 is 0 Å². The minimum Gasteiger partial charge on any atom is -0.325 e.